The van der Waals surface area contributed by atoms with Gasteiger partial charge in [-0.3, -0.25) is 19.7 Å². The summed E-state index contributed by atoms with van der Waals surface area (Å²) < 4.78 is 35.2. The number of hydrogen-bond acceptors (Lipinski definition) is 11. The van der Waals surface area contributed by atoms with Gasteiger partial charge in [0.1, 0.15) is 42.0 Å². The first-order valence-corrected chi connectivity index (χ1v) is 22.9. The third-order valence-corrected chi connectivity index (χ3v) is 13.3. The molecule has 2 fully saturated rings. The highest BCUT2D eigenvalue weighted by Crippen LogP contribution is 2.62. The summed E-state index contributed by atoms with van der Waals surface area (Å²) in [6.07, 6.45) is 10.5. The molecule has 4 aromatic carbocycles. The summed E-state index contributed by atoms with van der Waals surface area (Å²) in [5.74, 6) is -1.61. The van der Waals surface area contributed by atoms with Crippen LogP contribution in [0.4, 0.5) is 10.1 Å². The predicted molar refractivity (Wildman–Crippen MR) is 244 cm³/mol. The molecule has 14 heteroatoms. The zero-order chi connectivity index (χ0) is 46.2. The predicted octanol–water partition coefficient (Wildman–Crippen LogP) is 9.61. The smallest absolute Gasteiger partial charge is 0.269 e. The van der Waals surface area contributed by atoms with Crippen LogP contribution in [-0.4, -0.2) is 69.6 Å². The number of halogens is 1. The standard InChI is InChI=1S/C52H56FN3O10/c1-2-26-63-52-48(55(51(60)37-16-17-37)31-34-12-18-39(53)19-13-34)30-46(54-64-33-35-14-20-40(21-15-35)56(61)62)44-28-38(9-3-5-24-57)43(11-4-6-25-58)49(50(44)52)45-29-42(22-23-47(45)66-52)65-41-10-7-8-36(27-41)32-59/h2,7-8,10,12-15,18-23,27-29,32,37-38,43,48-50,57-58H,1,3-6,9,11,16-17,24-26,30-31,33H2/t38-,43+,48-,49+,50+,52+/m0/s1. The molecule has 1 heterocycles. The molecule has 4 aliphatic rings. The molecular formula is C52H56FN3O10. The Morgan fingerprint density at radius 1 is 0.955 bits per heavy atom. The number of ether oxygens (including phenoxy) is 3. The molecule has 0 unspecified atom stereocenters. The van der Waals surface area contributed by atoms with E-state index < -0.39 is 28.5 Å². The fourth-order valence-corrected chi connectivity index (χ4v) is 10.1. The van der Waals surface area contributed by atoms with Crippen LogP contribution in [0.1, 0.15) is 90.8 Å². The number of aldehydes is 1. The molecule has 0 spiro atoms. The van der Waals surface area contributed by atoms with E-state index in [-0.39, 0.29) is 74.7 Å². The Morgan fingerprint density at radius 2 is 1.68 bits per heavy atom. The fraction of sp³-hybridized carbons (Fsp3) is 0.404. The zero-order valence-corrected chi connectivity index (χ0v) is 36.8. The summed E-state index contributed by atoms with van der Waals surface area (Å²) >= 11 is 0. The summed E-state index contributed by atoms with van der Waals surface area (Å²) in [7, 11) is 0. The number of non-ortho nitro benzene ring substituents is 1. The molecule has 6 atom stereocenters. The van der Waals surface area contributed by atoms with Crippen LogP contribution in [0.2, 0.25) is 0 Å². The third kappa shape index (κ3) is 10.1. The van der Waals surface area contributed by atoms with Gasteiger partial charge >= 0.3 is 0 Å². The number of carbonyl (C=O) groups is 2. The minimum atomic E-state index is -1.51. The van der Waals surface area contributed by atoms with Crippen molar-refractivity contribution in [1.29, 1.82) is 0 Å². The van der Waals surface area contributed by atoms with Gasteiger partial charge in [-0.25, -0.2) is 4.39 Å². The van der Waals surface area contributed by atoms with Crippen molar-refractivity contribution in [3.63, 3.8) is 0 Å². The van der Waals surface area contributed by atoms with E-state index in [1.54, 1.807) is 54.6 Å². The first kappa shape index (κ1) is 46.3. The lowest BCUT2D eigenvalue weighted by atomic mass is 9.55. The molecule has 0 saturated heterocycles. The highest BCUT2D eigenvalue weighted by Gasteiger charge is 2.66. The number of nitro benzene ring substituents is 1. The average molecular weight is 902 g/mol. The monoisotopic (exact) mass is 901 g/mol. The minimum Gasteiger partial charge on any atom is -0.459 e. The van der Waals surface area contributed by atoms with Gasteiger partial charge in [0.05, 0.1) is 23.2 Å². The van der Waals surface area contributed by atoms with Crippen LogP contribution < -0.4 is 9.47 Å². The number of amides is 1. The van der Waals surface area contributed by atoms with Gasteiger partial charge in [0.2, 0.25) is 11.7 Å². The molecule has 346 valence electrons. The SMILES string of the molecule is C=CCO[C@@]12Oc3ccc(Oc4cccc(C=O)c4)cc3[C@H]3[C@H](CCCCO)[C@@H](CCCCO)C=C(C(=NOCc4ccc([N+](=O)[O-])cc4)C[C@@H]1N(Cc1ccc(F)cc1)C(=O)C1CC1)[C@H]32. The summed E-state index contributed by atoms with van der Waals surface area (Å²) in [5.41, 5.74) is 4.11. The second-order valence-corrected chi connectivity index (χ2v) is 17.6. The second-order valence-electron chi connectivity index (χ2n) is 17.6. The Hall–Kier alpha value is -6.22. The van der Waals surface area contributed by atoms with Gasteiger partial charge in [-0.05, 0) is 122 Å². The number of allylic oxidation sites excluding steroid dienone is 1. The molecule has 1 amide bonds. The number of carbonyl (C=O) groups excluding carboxylic acids is 2. The highest BCUT2D eigenvalue weighted by atomic mass is 19.1. The van der Waals surface area contributed by atoms with Crippen LogP contribution in [0.3, 0.4) is 0 Å². The maximum Gasteiger partial charge on any atom is 0.269 e. The van der Waals surface area contributed by atoms with Gasteiger partial charge in [-0.15, -0.1) is 6.58 Å². The Labute approximate surface area is 383 Å². The number of fused-ring (bicyclic) bond motifs is 2. The van der Waals surface area contributed by atoms with Crippen LogP contribution in [-0.2, 0) is 27.5 Å². The maximum absolute atomic E-state index is 14.8. The largest absolute Gasteiger partial charge is 0.459 e. The number of oxime groups is 1. The van der Waals surface area contributed by atoms with Gasteiger partial charge in [-0.2, -0.15) is 0 Å². The van der Waals surface area contributed by atoms with Crippen LogP contribution in [0.5, 0.6) is 17.2 Å². The topological polar surface area (TPSA) is 170 Å². The summed E-state index contributed by atoms with van der Waals surface area (Å²) in [6.45, 7) is 4.34. The molecule has 2 N–H and O–H groups in total. The van der Waals surface area contributed by atoms with Crippen LogP contribution >= 0.6 is 0 Å². The highest BCUT2D eigenvalue weighted by molar-refractivity contribution is 6.03. The van der Waals surface area contributed by atoms with Crippen molar-refractivity contribution in [2.45, 2.75) is 88.7 Å². The third-order valence-electron chi connectivity index (χ3n) is 13.3. The van der Waals surface area contributed by atoms with Gasteiger partial charge in [0.15, 0.2) is 0 Å². The molecular weight excluding hydrogens is 846 g/mol. The summed E-state index contributed by atoms with van der Waals surface area (Å²) in [5, 5.41) is 36.2. The Bertz CT molecular complexity index is 2440. The van der Waals surface area contributed by atoms with Crippen LogP contribution in [0.15, 0.2) is 120 Å². The van der Waals surface area contributed by atoms with Gasteiger partial charge in [0, 0.05) is 61.3 Å². The van der Waals surface area contributed by atoms with E-state index in [9.17, 15) is 34.3 Å². The lowest BCUT2D eigenvalue weighted by Crippen LogP contribution is -2.70. The van der Waals surface area contributed by atoms with E-state index in [0.29, 0.717) is 46.9 Å². The van der Waals surface area contributed by atoms with Gasteiger partial charge in [-0.1, -0.05) is 54.4 Å². The van der Waals surface area contributed by atoms with E-state index >= 15 is 0 Å². The Kier molecular flexibility index (Phi) is 14.7. The second kappa shape index (κ2) is 21.0. The maximum atomic E-state index is 14.8. The zero-order valence-electron chi connectivity index (χ0n) is 36.8. The molecule has 4 aromatic rings. The molecule has 8 rings (SSSR count). The lowest BCUT2D eigenvalue weighted by Gasteiger charge is -2.60. The first-order valence-electron chi connectivity index (χ1n) is 22.9. The van der Waals surface area contributed by atoms with Crippen molar-refractivity contribution in [2.75, 3.05) is 19.8 Å². The van der Waals surface area contributed by atoms with Gasteiger partial charge in [0.25, 0.3) is 5.69 Å². The van der Waals surface area contributed by atoms with E-state index in [1.807, 2.05) is 23.1 Å². The number of unbranched alkanes of at least 4 members (excludes halogenated alkanes) is 2. The van der Waals surface area contributed by atoms with Crippen molar-refractivity contribution in [2.24, 2.45) is 28.8 Å². The van der Waals surface area contributed by atoms with Gasteiger partial charge < -0.3 is 34.2 Å². The van der Waals surface area contributed by atoms with Crippen molar-refractivity contribution in [1.82, 2.24) is 4.90 Å². The molecule has 0 bridgehead atoms. The van der Waals surface area contributed by atoms with E-state index in [1.165, 1.54) is 24.3 Å². The number of nitrogens with zero attached hydrogens (tertiary/aromatic N) is 3. The molecule has 1 aliphatic heterocycles. The van der Waals surface area contributed by atoms with E-state index in [2.05, 4.69) is 12.7 Å². The average Bonchev–Trinajstić information content (AvgIpc) is 4.18. The summed E-state index contributed by atoms with van der Waals surface area (Å²) in [4.78, 5) is 45.5. The number of hydrogen-bond donors (Lipinski definition) is 2. The number of aliphatic hydroxyl groups excluding tert-OH is 2. The first-order chi connectivity index (χ1) is 32.2. The lowest BCUT2D eigenvalue weighted by molar-refractivity contribution is -0.384. The van der Waals surface area contributed by atoms with Crippen LogP contribution in [0.25, 0.3) is 0 Å². The van der Waals surface area contributed by atoms with Crippen molar-refractivity contribution in [3.05, 3.63) is 153 Å². The number of benzene rings is 4. The quantitative estimate of drug-likeness (QED) is 0.0255. The summed E-state index contributed by atoms with van der Waals surface area (Å²) in [6, 6.07) is 24.0. The minimum absolute atomic E-state index is 0.0149. The molecule has 0 aromatic heterocycles. The number of aliphatic hydroxyl groups is 2. The molecule has 0 radical (unpaired) electrons. The Balaban J connectivity index is 1.32. The van der Waals surface area contributed by atoms with Crippen LogP contribution in [0, 0.1) is 39.6 Å². The van der Waals surface area contributed by atoms with Crippen molar-refractivity contribution >= 4 is 23.6 Å². The Morgan fingerprint density at radius 3 is 2.38 bits per heavy atom. The molecule has 13 nitrogen and oxygen atoms in total. The van der Waals surface area contributed by atoms with Crippen molar-refractivity contribution < 1.29 is 48.2 Å². The molecule has 2 saturated carbocycles. The van der Waals surface area contributed by atoms with Crippen molar-refractivity contribution in [3.8, 4) is 17.2 Å². The fourth-order valence-electron chi connectivity index (χ4n) is 10.1. The van der Waals surface area contributed by atoms with E-state index in [0.717, 1.165) is 61.5 Å². The number of rotatable bonds is 22. The molecule has 66 heavy (non-hydrogen) atoms. The number of nitro groups is 1. The normalized spacial score (nSPS) is 23.4. The van der Waals surface area contributed by atoms with E-state index in [4.69, 9.17) is 24.2 Å². The molecule has 3 aliphatic carbocycles.